The Morgan fingerprint density at radius 1 is 1.38 bits per heavy atom. The van der Waals surface area contributed by atoms with Gasteiger partial charge in [-0.25, -0.2) is 8.42 Å². The summed E-state index contributed by atoms with van der Waals surface area (Å²) in [7, 11) is -4.86. The number of rotatable bonds is 5. The number of carbonyl (C=O) groups is 1. The third kappa shape index (κ3) is 12.4. The van der Waals surface area contributed by atoms with Gasteiger partial charge in [0.05, 0.1) is 0 Å². The van der Waals surface area contributed by atoms with E-state index in [0.29, 0.717) is 6.42 Å². The van der Waals surface area contributed by atoms with E-state index in [1.807, 2.05) is 6.92 Å². The van der Waals surface area contributed by atoms with E-state index in [0.717, 1.165) is 12.8 Å². The summed E-state index contributed by atoms with van der Waals surface area (Å²) in [5.74, 6) is -0.974. The van der Waals surface area contributed by atoms with Gasteiger partial charge < -0.3 is 8.74 Å². The maximum absolute atomic E-state index is 10.5. The van der Waals surface area contributed by atoms with Gasteiger partial charge in [0.15, 0.2) is 0 Å². The Morgan fingerprint density at radius 3 is 2.31 bits per heavy atom. The zero-order valence-corrected chi connectivity index (χ0v) is 10.6. The van der Waals surface area contributed by atoms with Crippen LogP contribution in [0.25, 0.3) is 0 Å². The van der Waals surface area contributed by atoms with Gasteiger partial charge in [-0.1, -0.05) is 19.8 Å². The summed E-state index contributed by atoms with van der Waals surface area (Å²) < 4.78 is 33.2. The van der Waals surface area contributed by atoms with Crippen LogP contribution in [0.1, 0.15) is 32.6 Å². The molecule has 0 aliphatic heterocycles. The molecule has 0 spiro atoms. The van der Waals surface area contributed by atoms with Crippen molar-refractivity contribution in [3.8, 4) is 0 Å². The SMILES string of the molecule is CCCCCC(=O)OS(=O)(=O)[O-].[Na+]. The van der Waals surface area contributed by atoms with Crippen molar-refractivity contribution in [3.63, 3.8) is 0 Å². The maximum Gasteiger partial charge on any atom is 1.00 e. The Balaban J connectivity index is 0. The van der Waals surface area contributed by atoms with Crippen molar-refractivity contribution in [1.29, 1.82) is 0 Å². The number of hydrogen-bond donors (Lipinski definition) is 0. The number of unbranched alkanes of at least 4 members (excludes halogenated alkanes) is 2. The largest absolute Gasteiger partial charge is 1.00 e. The average molecular weight is 218 g/mol. The maximum atomic E-state index is 10.5. The molecule has 0 radical (unpaired) electrons. The van der Waals surface area contributed by atoms with Crippen molar-refractivity contribution < 1.29 is 51.5 Å². The van der Waals surface area contributed by atoms with Crippen LogP contribution in [0, 0.1) is 0 Å². The minimum Gasteiger partial charge on any atom is -0.716 e. The number of hydrogen-bond acceptors (Lipinski definition) is 5. The molecule has 0 rings (SSSR count). The Labute approximate surface area is 100 Å². The summed E-state index contributed by atoms with van der Waals surface area (Å²) in [5, 5.41) is 0. The van der Waals surface area contributed by atoms with Gasteiger partial charge in [-0.15, -0.1) is 0 Å². The van der Waals surface area contributed by atoms with Crippen LogP contribution in [-0.2, 0) is 19.4 Å². The Kier molecular flexibility index (Phi) is 9.44. The van der Waals surface area contributed by atoms with Crippen molar-refractivity contribution in [1.82, 2.24) is 0 Å². The topological polar surface area (TPSA) is 83.5 Å². The summed E-state index contributed by atoms with van der Waals surface area (Å²) in [4.78, 5) is 10.5. The molecule has 0 saturated heterocycles. The summed E-state index contributed by atoms with van der Waals surface area (Å²) in [6.45, 7) is 1.94. The van der Waals surface area contributed by atoms with E-state index >= 15 is 0 Å². The Bertz CT molecular complexity index is 235. The molecule has 0 aliphatic carbocycles. The summed E-state index contributed by atoms with van der Waals surface area (Å²) in [6, 6.07) is 0. The van der Waals surface area contributed by atoms with Crippen LogP contribution in [-0.4, -0.2) is 18.9 Å². The molecule has 0 fully saturated rings. The van der Waals surface area contributed by atoms with Gasteiger partial charge in [0.2, 0.25) is 0 Å². The molecular formula is C6H11NaO5S. The smallest absolute Gasteiger partial charge is 0.716 e. The van der Waals surface area contributed by atoms with Crippen molar-refractivity contribution >= 4 is 16.4 Å². The van der Waals surface area contributed by atoms with Gasteiger partial charge in [-0.3, -0.25) is 4.79 Å². The molecule has 13 heavy (non-hydrogen) atoms. The molecule has 0 heterocycles. The standard InChI is InChI=1S/C6H12O5S.Na/c1-2-3-4-5-6(7)11-12(8,9)10;/h2-5H2,1H3,(H,8,9,10);/q;+1/p-1. The first-order valence-electron chi connectivity index (χ1n) is 3.64. The molecule has 0 atom stereocenters. The zero-order chi connectivity index (χ0) is 9.61. The van der Waals surface area contributed by atoms with E-state index in [9.17, 15) is 17.8 Å². The summed E-state index contributed by atoms with van der Waals surface area (Å²) >= 11 is 0. The third-order valence-corrected chi connectivity index (χ3v) is 1.57. The van der Waals surface area contributed by atoms with Crippen molar-refractivity contribution in [3.05, 3.63) is 0 Å². The van der Waals surface area contributed by atoms with Crippen LogP contribution in [0.5, 0.6) is 0 Å². The van der Waals surface area contributed by atoms with E-state index in [1.54, 1.807) is 0 Å². The van der Waals surface area contributed by atoms with Crippen LogP contribution in [0.3, 0.4) is 0 Å². The fourth-order valence-corrected chi connectivity index (χ4v) is 0.986. The quantitative estimate of drug-likeness (QED) is 0.222. The Hall–Kier alpha value is 0.380. The van der Waals surface area contributed by atoms with E-state index < -0.39 is 16.4 Å². The van der Waals surface area contributed by atoms with Crippen LogP contribution < -0.4 is 29.6 Å². The van der Waals surface area contributed by atoms with Crippen LogP contribution >= 0.6 is 0 Å². The van der Waals surface area contributed by atoms with E-state index in [2.05, 4.69) is 4.18 Å². The minimum absolute atomic E-state index is 0. The molecule has 0 N–H and O–H groups in total. The van der Waals surface area contributed by atoms with E-state index in [1.165, 1.54) is 0 Å². The van der Waals surface area contributed by atoms with Crippen molar-refractivity contribution in [2.24, 2.45) is 0 Å². The van der Waals surface area contributed by atoms with Gasteiger partial charge in [0.1, 0.15) is 0 Å². The molecule has 0 bridgehead atoms. The first-order valence-corrected chi connectivity index (χ1v) is 4.97. The fourth-order valence-electron chi connectivity index (χ4n) is 0.675. The van der Waals surface area contributed by atoms with Crippen molar-refractivity contribution in [2.75, 3.05) is 0 Å². The predicted octanol–water partition coefficient (Wildman–Crippen LogP) is -2.43. The Morgan fingerprint density at radius 2 is 1.92 bits per heavy atom. The first kappa shape index (κ1) is 15.8. The molecule has 0 unspecified atom stereocenters. The van der Waals surface area contributed by atoms with Gasteiger partial charge in [-0.2, -0.15) is 0 Å². The second-order valence-corrected chi connectivity index (χ2v) is 3.30. The molecular weight excluding hydrogens is 207 g/mol. The number of carbonyl (C=O) groups excluding carboxylic acids is 1. The van der Waals surface area contributed by atoms with E-state index in [-0.39, 0.29) is 36.0 Å². The summed E-state index contributed by atoms with van der Waals surface area (Å²) in [5.41, 5.74) is 0. The van der Waals surface area contributed by atoms with Gasteiger partial charge in [0.25, 0.3) is 10.4 Å². The first-order chi connectivity index (χ1) is 5.45. The molecule has 0 saturated carbocycles. The molecule has 0 aliphatic rings. The fraction of sp³-hybridized carbons (Fsp3) is 0.833. The summed E-state index contributed by atoms with van der Waals surface area (Å²) in [6.07, 6.45) is 2.26. The molecule has 0 aromatic rings. The molecule has 0 amide bonds. The second-order valence-electron chi connectivity index (χ2n) is 2.32. The van der Waals surface area contributed by atoms with Gasteiger partial charge in [-0.05, 0) is 6.42 Å². The van der Waals surface area contributed by atoms with Crippen LogP contribution in [0.15, 0.2) is 0 Å². The molecule has 0 aromatic carbocycles. The zero-order valence-electron chi connectivity index (χ0n) is 7.78. The predicted molar refractivity (Wildman–Crippen MR) is 39.9 cm³/mol. The molecule has 7 heteroatoms. The molecule has 0 aromatic heterocycles. The normalized spacial score (nSPS) is 10.3. The van der Waals surface area contributed by atoms with Gasteiger partial charge in [0, 0.05) is 6.42 Å². The molecule has 5 nitrogen and oxygen atoms in total. The molecule has 72 valence electrons. The van der Waals surface area contributed by atoms with Crippen LogP contribution in [0.2, 0.25) is 0 Å². The van der Waals surface area contributed by atoms with Gasteiger partial charge >= 0.3 is 35.5 Å². The monoisotopic (exact) mass is 218 g/mol. The van der Waals surface area contributed by atoms with E-state index in [4.69, 9.17) is 0 Å². The van der Waals surface area contributed by atoms with Crippen LogP contribution in [0.4, 0.5) is 0 Å². The minimum atomic E-state index is -4.86. The average Bonchev–Trinajstić information content (AvgIpc) is 1.84. The van der Waals surface area contributed by atoms with Crippen molar-refractivity contribution in [2.45, 2.75) is 32.6 Å². The third-order valence-electron chi connectivity index (χ3n) is 1.18. The second kappa shape index (κ2) is 7.75.